The van der Waals surface area contributed by atoms with E-state index in [0.29, 0.717) is 6.54 Å². The lowest BCUT2D eigenvalue weighted by Crippen LogP contribution is -2.20. The van der Waals surface area contributed by atoms with Gasteiger partial charge in [-0.25, -0.2) is 8.42 Å². The fourth-order valence-corrected chi connectivity index (χ4v) is 3.33. The summed E-state index contributed by atoms with van der Waals surface area (Å²) in [6.45, 7) is 5.94. The number of hydrogen-bond donors (Lipinski definition) is 1. The molecule has 0 saturated carbocycles. The number of sulfone groups is 1. The molecule has 0 bridgehead atoms. The maximum Gasteiger partial charge on any atom is 0.154 e. The Labute approximate surface area is 126 Å². The standard InChI is InChI=1S/C16H24N2O2S/c1-12(2)21(19,20)9-8-18-7-6-15-11-14(10-13(3)17)4-5-16(15)18/h4-7,11-13H,8-10,17H2,1-3H3. The third kappa shape index (κ3) is 3.86. The average molecular weight is 308 g/mol. The Bertz CT molecular complexity index is 715. The second-order valence-electron chi connectivity index (χ2n) is 6.00. The molecule has 1 atom stereocenters. The fourth-order valence-electron chi connectivity index (χ4n) is 2.40. The molecule has 2 rings (SSSR count). The van der Waals surface area contributed by atoms with Crippen LogP contribution in [0.3, 0.4) is 0 Å². The molecule has 1 unspecified atom stereocenters. The van der Waals surface area contributed by atoms with Crippen molar-refractivity contribution in [2.24, 2.45) is 5.73 Å². The normalized spacial score (nSPS) is 14.0. The highest BCUT2D eigenvalue weighted by molar-refractivity contribution is 7.91. The Hall–Kier alpha value is -1.33. The molecule has 5 heteroatoms. The van der Waals surface area contributed by atoms with E-state index in [0.717, 1.165) is 17.3 Å². The van der Waals surface area contributed by atoms with Crippen LogP contribution in [0.25, 0.3) is 10.9 Å². The lowest BCUT2D eigenvalue weighted by molar-refractivity contribution is 0.581. The largest absolute Gasteiger partial charge is 0.346 e. The summed E-state index contributed by atoms with van der Waals surface area (Å²) in [5, 5.41) is 0.812. The van der Waals surface area contributed by atoms with E-state index in [2.05, 4.69) is 18.2 Å². The molecule has 0 amide bonds. The van der Waals surface area contributed by atoms with E-state index in [1.807, 2.05) is 23.8 Å². The summed E-state index contributed by atoms with van der Waals surface area (Å²) in [4.78, 5) is 0. The van der Waals surface area contributed by atoms with Gasteiger partial charge in [0.15, 0.2) is 9.84 Å². The van der Waals surface area contributed by atoms with Crippen LogP contribution in [0.4, 0.5) is 0 Å². The van der Waals surface area contributed by atoms with Crippen molar-refractivity contribution in [2.45, 2.75) is 45.0 Å². The summed E-state index contributed by atoms with van der Waals surface area (Å²) >= 11 is 0. The average Bonchev–Trinajstić information content (AvgIpc) is 2.78. The van der Waals surface area contributed by atoms with E-state index in [1.165, 1.54) is 5.56 Å². The third-order valence-corrected chi connectivity index (χ3v) is 5.92. The molecule has 0 fully saturated rings. The number of nitrogens with two attached hydrogens (primary N) is 1. The molecule has 4 nitrogen and oxygen atoms in total. The van der Waals surface area contributed by atoms with Crippen LogP contribution in [-0.4, -0.2) is 30.0 Å². The van der Waals surface area contributed by atoms with E-state index >= 15 is 0 Å². The third-order valence-electron chi connectivity index (χ3n) is 3.73. The van der Waals surface area contributed by atoms with Gasteiger partial charge < -0.3 is 10.3 Å². The van der Waals surface area contributed by atoms with Crippen molar-refractivity contribution >= 4 is 20.7 Å². The fraction of sp³-hybridized carbons (Fsp3) is 0.500. The highest BCUT2D eigenvalue weighted by Crippen LogP contribution is 2.19. The highest BCUT2D eigenvalue weighted by Gasteiger charge is 2.16. The Balaban J connectivity index is 2.19. The summed E-state index contributed by atoms with van der Waals surface area (Å²) in [6.07, 6.45) is 2.80. The van der Waals surface area contributed by atoms with Crippen LogP contribution in [0.2, 0.25) is 0 Å². The first-order valence-electron chi connectivity index (χ1n) is 7.34. The van der Waals surface area contributed by atoms with Gasteiger partial charge in [0.2, 0.25) is 0 Å². The molecule has 2 aromatic rings. The van der Waals surface area contributed by atoms with Crippen LogP contribution in [0.15, 0.2) is 30.5 Å². The first kappa shape index (κ1) is 16.0. The van der Waals surface area contributed by atoms with Crippen molar-refractivity contribution in [1.29, 1.82) is 0 Å². The maximum atomic E-state index is 11.9. The van der Waals surface area contributed by atoms with E-state index in [9.17, 15) is 8.42 Å². The van der Waals surface area contributed by atoms with Crippen molar-refractivity contribution in [2.75, 3.05) is 5.75 Å². The number of rotatable bonds is 6. The molecule has 0 radical (unpaired) electrons. The molecule has 1 heterocycles. The van der Waals surface area contributed by atoms with E-state index in [-0.39, 0.29) is 17.0 Å². The molecule has 2 N–H and O–H groups in total. The SMILES string of the molecule is CC(N)Cc1ccc2c(ccn2CCS(=O)(=O)C(C)C)c1. The minimum atomic E-state index is -3.00. The number of fused-ring (bicyclic) bond motifs is 1. The van der Waals surface area contributed by atoms with Crippen LogP contribution in [-0.2, 0) is 22.8 Å². The summed E-state index contributed by atoms with van der Waals surface area (Å²) in [7, 11) is -3.00. The van der Waals surface area contributed by atoms with Crippen molar-refractivity contribution in [1.82, 2.24) is 4.57 Å². The van der Waals surface area contributed by atoms with Gasteiger partial charge in [-0.1, -0.05) is 6.07 Å². The molecule has 0 aliphatic carbocycles. The molecule has 1 aromatic carbocycles. The molecule has 0 aliphatic heterocycles. The van der Waals surface area contributed by atoms with Crippen molar-refractivity contribution in [3.8, 4) is 0 Å². The van der Waals surface area contributed by atoms with Crippen molar-refractivity contribution in [3.63, 3.8) is 0 Å². The number of hydrogen-bond acceptors (Lipinski definition) is 3. The number of nitrogens with zero attached hydrogens (tertiary/aromatic N) is 1. The van der Waals surface area contributed by atoms with Gasteiger partial charge in [-0.3, -0.25) is 0 Å². The number of aromatic nitrogens is 1. The lowest BCUT2D eigenvalue weighted by Gasteiger charge is -2.10. The zero-order chi connectivity index (χ0) is 15.6. The number of aryl methyl sites for hydroxylation is 1. The predicted octanol–water partition coefficient (Wildman–Crippen LogP) is 2.35. The maximum absolute atomic E-state index is 11.9. The molecule has 0 saturated heterocycles. The van der Waals surface area contributed by atoms with E-state index in [1.54, 1.807) is 13.8 Å². The van der Waals surface area contributed by atoms with Gasteiger partial charge in [0.25, 0.3) is 0 Å². The van der Waals surface area contributed by atoms with Crippen molar-refractivity contribution in [3.05, 3.63) is 36.0 Å². The zero-order valence-corrected chi connectivity index (χ0v) is 13.7. The summed E-state index contributed by atoms with van der Waals surface area (Å²) in [6, 6.07) is 8.42. The molecule has 0 spiro atoms. The second-order valence-corrected chi connectivity index (χ2v) is 8.68. The van der Waals surface area contributed by atoms with Gasteiger partial charge in [-0.05, 0) is 56.3 Å². The first-order chi connectivity index (χ1) is 9.79. The summed E-state index contributed by atoms with van der Waals surface area (Å²) in [5.41, 5.74) is 8.11. The van der Waals surface area contributed by atoms with Crippen LogP contribution < -0.4 is 5.73 Å². The summed E-state index contributed by atoms with van der Waals surface area (Å²) < 4.78 is 25.8. The first-order valence-corrected chi connectivity index (χ1v) is 9.06. The Kier molecular flexibility index (Phi) is 4.74. The molecule has 0 aliphatic rings. The predicted molar refractivity (Wildman–Crippen MR) is 88.2 cm³/mol. The topological polar surface area (TPSA) is 65.1 Å². The van der Waals surface area contributed by atoms with Crippen LogP contribution >= 0.6 is 0 Å². The summed E-state index contributed by atoms with van der Waals surface area (Å²) in [5.74, 6) is 0.177. The monoisotopic (exact) mass is 308 g/mol. The van der Waals surface area contributed by atoms with Gasteiger partial charge in [0, 0.05) is 24.3 Å². The van der Waals surface area contributed by atoms with Crippen LogP contribution in [0.5, 0.6) is 0 Å². The number of benzene rings is 1. The Morgan fingerprint density at radius 3 is 2.52 bits per heavy atom. The van der Waals surface area contributed by atoms with Gasteiger partial charge in [0.1, 0.15) is 0 Å². The molecule has 1 aromatic heterocycles. The van der Waals surface area contributed by atoms with E-state index in [4.69, 9.17) is 5.73 Å². The lowest BCUT2D eigenvalue weighted by atomic mass is 10.1. The Morgan fingerprint density at radius 2 is 1.90 bits per heavy atom. The highest BCUT2D eigenvalue weighted by atomic mass is 32.2. The molecule has 21 heavy (non-hydrogen) atoms. The van der Waals surface area contributed by atoms with Gasteiger partial charge in [-0.15, -0.1) is 0 Å². The molecular formula is C16H24N2O2S. The van der Waals surface area contributed by atoms with Crippen LogP contribution in [0, 0.1) is 0 Å². The quantitative estimate of drug-likeness (QED) is 0.891. The molecular weight excluding hydrogens is 284 g/mol. The zero-order valence-electron chi connectivity index (χ0n) is 12.9. The second kappa shape index (κ2) is 6.20. The van der Waals surface area contributed by atoms with Crippen molar-refractivity contribution < 1.29 is 8.42 Å². The van der Waals surface area contributed by atoms with Crippen LogP contribution in [0.1, 0.15) is 26.3 Å². The minimum Gasteiger partial charge on any atom is -0.346 e. The van der Waals surface area contributed by atoms with Gasteiger partial charge in [0.05, 0.1) is 11.0 Å². The Morgan fingerprint density at radius 1 is 1.19 bits per heavy atom. The van der Waals surface area contributed by atoms with Gasteiger partial charge >= 0.3 is 0 Å². The minimum absolute atomic E-state index is 0.140. The smallest absolute Gasteiger partial charge is 0.154 e. The van der Waals surface area contributed by atoms with Gasteiger partial charge in [-0.2, -0.15) is 0 Å². The molecule has 116 valence electrons. The van der Waals surface area contributed by atoms with E-state index < -0.39 is 9.84 Å².